The zero-order chi connectivity index (χ0) is 27.1. The van der Waals surface area contributed by atoms with E-state index in [9.17, 15) is 19.2 Å². The molecule has 0 heterocycles. The first-order valence-corrected chi connectivity index (χ1v) is 12.7. The van der Waals surface area contributed by atoms with E-state index in [2.05, 4.69) is 0 Å². The predicted octanol–water partition coefficient (Wildman–Crippen LogP) is 4.41. The number of hydrogen-bond donors (Lipinski definition) is 1. The summed E-state index contributed by atoms with van der Waals surface area (Å²) in [4.78, 5) is 48.1. The lowest BCUT2D eigenvalue weighted by molar-refractivity contribution is -0.164. The molecule has 9 nitrogen and oxygen atoms in total. The summed E-state index contributed by atoms with van der Waals surface area (Å²) in [5, 5.41) is 0. The topological polar surface area (TPSA) is 131 Å². The lowest BCUT2D eigenvalue weighted by atomic mass is 10.1. The third-order valence-corrected chi connectivity index (χ3v) is 5.50. The maximum absolute atomic E-state index is 12.5. The molecule has 0 radical (unpaired) electrons. The Morgan fingerprint density at radius 1 is 0.806 bits per heavy atom. The van der Waals surface area contributed by atoms with Gasteiger partial charge < -0.3 is 24.7 Å². The van der Waals surface area contributed by atoms with E-state index in [0.717, 1.165) is 25.7 Å². The number of unbranched alkanes of at least 4 members (excludes halogenated alkanes) is 4. The van der Waals surface area contributed by atoms with Gasteiger partial charge in [-0.25, -0.2) is 0 Å². The van der Waals surface area contributed by atoms with Crippen LogP contribution in [0.4, 0.5) is 0 Å². The Kier molecular flexibility index (Phi) is 14.4. The van der Waals surface area contributed by atoms with Crippen LogP contribution in [0, 0.1) is 0 Å². The molecule has 1 rings (SSSR count). The fourth-order valence-corrected chi connectivity index (χ4v) is 3.29. The number of rotatable bonds is 16. The zero-order valence-corrected chi connectivity index (χ0v) is 22.2. The molecular formula is C27H41NO8. The summed E-state index contributed by atoms with van der Waals surface area (Å²) in [6.07, 6.45) is 4.48. The first-order valence-electron chi connectivity index (χ1n) is 12.7. The van der Waals surface area contributed by atoms with Gasteiger partial charge in [0.05, 0.1) is 0 Å². The normalized spacial score (nSPS) is 13.3. The van der Waals surface area contributed by atoms with Crippen molar-refractivity contribution in [2.45, 2.75) is 111 Å². The van der Waals surface area contributed by atoms with Gasteiger partial charge in [-0.2, -0.15) is 0 Å². The smallest absolute Gasteiger partial charge is 0.323 e. The highest BCUT2D eigenvalue weighted by atomic mass is 16.6. The number of nitrogens with two attached hydrogens (primary N) is 1. The minimum Gasteiger partial charge on any atom is -0.459 e. The minimum atomic E-state index is -1.01. The van der Waals surface area contributed by atoms with Gasteiger partial charge in [0.1, 0.15) is 18.2 Å². The van der Waals surface area contributed by atoms with Crippen LogP contribution < -0.4 is 15.2 Å². The monoisotopic (exact) mass is 507 g/mol. The molecule has 0 saturated heterocycles. The molecule has 0 spiro atoms. The average molecular weight is 508 g/mol. The van der Waals surface area contributed by atoms with Gasteiger partial charge in [0.2, 0.25) is 0 Å². The van der Waals surface area contributed by atoms with Gasteiger partial charge in [0, 0.05) is 19.8 Å². The zero-order valence-electron chi connectivity index (χ0n) is 22.2. The quantitative estimate of drug-likeness (QED) is 0.196. The molecule has 1 aromatic rings. The van der Waals surface area contributed by atoms with Crippen molar-refractivity contribution < 1.29 is 38.1 Å². The number of carbonyl (C=O) groups excluding carboxylic acids is 4. The molecule has 202 valence electrons. The van der Waals surface area contributed by atoms with E-state index in [1.807, 2.05) is 13.8 Å². The Bertz CT molecular complexity index is 869. The lowest BCUT2D eigenvalue weighted by Crippen LogP contribution is -2.39. The molecule has 1 aromatic carbocycles. The third-order valence-electron chi connectivity index (χ3n) is 5.50. The summed E-state index contributed by atoms with van der Waals surface area (Å²) in [5.41, 5.74) is 6.64. The molecule has 9 heteroatoms. The number of hydrogen-bond acceptors (Lipinski definition) is 9. The molecule has 0 aromatic heterocycles. The predicted molar refractivity (Wildman–Crippen MR) is 134 cm³/mol. The van der Waals surface area contributed by atoms with E-state index in [1.165, 1.54) is 13.0 Å². The van der Waals surface area contributed by atoms with Gasteiger partial charge in [-0.3, -0.25) is 19.2 Å². The van der Waals surface area contributed by atoms with Crippen molar-refractivity contribution in [3.8, 4) is 11.5 Å². The van der Waals surface area contributed by atoms with Crippen LogP contribution in [-0.2, 0) is 35.1 Å². The summed E-state index contributed by atoms with van der Waals surface area (Å²) in [6.45, 7) is 8.59. The minimum absolute atomic E-state index is 0.0958. The van der Waals surface area contributed by atoms with Crippen LogP contribution in [0.1, 0.15) is 91.5 Å². The fourth-order valence-electron chi connectivity index (χ4n) is 3.29. The fraction of sp³-hybridized carbons (Fsp3) is 0.630. The van der Waals surface area contributed by atoms with Crippen molar-refractivity contribution in [3.05, 3.63) is 23.8 Å². The van der Waals surface area contributed by atoms with Crippen molar-refractivity contribution in [1.29, 1.82) is 0 Å². The molecule has 0 aliphatic heterocycles. The third kappa shape index (κ3) is 12.2. The molecular weight excluding hydrogens is 466 g/mol. The van der Waals surface area contributed by atoms with Crippen LogP contribution in [0.15, 0.2) is 18.2 Å². The van der Waals surface area contributed by atoms with Crippen molar-refractivity contribution in [2.75, 3.05) is 0 Å². The van der Waals surface area contributed by atoms with Gasteiger partial charge >= 0.3 is 23.9 Å². The highest BCUT2D eigenvalue weighted by molar-refractivity contribution is 5.77. The van der Waals surface area contributed by atoms with Crippen LogP contribution in [0.5, 0.6) is 11.5 Å². The Balaban J connectivity index is 2.92. The second kappa shape index (κ2) is 16.7. The first-order chi connectivity index (χ1) is 17.1. The van der Waals surface area contributed by atoms with Crippen LogP contribution >= 0.6 is 0 Å². The molecule has 3 atom stereocenters. The first kappa shape index (κ1) is 31.1. The highest BCUT2D eigenvalue weighted by Crippen LogP contribution is 2.30. The Morgan fingerprint density at radius 2 is 1.33 bits per heavy atom. The molecule has 0 bridgehead atoms. The number of benzene rings is 1. The van der Waals surface area contributed by atoms with Crippen LogP contribution in [0.2, 0.25) is 0 Å². The van der Waals surface area contributed by atoms with E-state index in [1.54, 1.807) is 26.0 Å². The maximum Gasteiger partial charge on any atom is 0.323 e. The Morgan fingerprint density at radius 3 is 1.86 bits per heavy atom. The van der Waals surface area contributed by atoms with Gasteiger partial charge in [-0.05, 0) is 50.8 Å². The number of ether oxygens (including phenoxy) is 4. The molecule has 36 heavy (non-hydrogen) atoms. The number of esters is 4. The van der Waals surface area contributed by atoms with E-state index in [-0.39, 0.29) is 30.8 Å². The van der Waals surface area contributed by atoms with Gasteiger partial charge in [-0.1, -0.05) is 45.6 Å². The molecule has 1 unspecified atom stereocenters. The molecule has 0 aliphatic rings. The standard InChI is InChI=1S/C27H41NO8/c1-6-8-10-12-25(30)35-23-15-14-21(17-24(23)36-26(31)13-11-9-7-2)16-22(28)27(32)34-19(4)18(3)33-20(5)29/h14-15,17-19,22H,6-13,16,28H2,1-5H3/t18?,19-,22-/m0/s1. The molecule has 0 fully saturated rings. The summed E-state index contributed by atoms with van der Waals surface area (Å²) < 4.78 is 21.3. The molecule has 0 aliphatic carbocycles. The van der Waals surface area contributed by atoms with Crippen LogP contribution in [-0.4, -0.2) is 42.1 Å². The van der Waals surface area contributed by atoms with Crippen molar-refractivity contribution >= 4 is 23.9 Å². The molecule has 0 amide bonds. The maximum atomic E-state index is 12.5. The average Bonchev–Trinajstić information content (AvgIpc) is 2.80. The lowest BCUT2D eigenvalue weighted by Gasteiger charge is -2.22. The van der Waals surface area contributed by atoms with Crippen LogP contribution in [0.3, 0.4) is 0 Å². The summed E-state index contributed by atoms with van der Waals surface area (Å²) in [7, 11) is 0. The van der Waals surface area contributed by atoms with Gasteiger partial charge in [-0.15, -0.1) is 0 Å². The highest BCUT2D eigenvalue weighted by Gasteiger charge is 2.24. The molecule has 0 saturated carbocycles. The van der Waals surface area contributed by atoms with E-state index in [4.69, 9.17) is 24.7 Å². The van der Waals surface area contributed by atoms with Crippen molar-refractivity contribution in [1.82, 2.24) is 0 Å². The summed E-state index contributed by atoms with van der Waals surface area (Å²) in [6, 6.07) is 3.73. The Hall–Kier alpha value is -2.94. The van der Waals surface area contributed by atoms with E-state index >= 15 is 0 Å². The van der Waals surface area contributed by atoms with Crippen LogP contribution in [0.25, 0.3) is 0 Å². The SMILES string of the molecule is CCCCCC(=O)Oc1ccc(C[C@H](N)C(=O)O[C@@H](C)C(C)OC(C)=O)cc1OC(=O)CCCCC. The Labute approximate surface area is 214 Å². The molecule has 2 N–H and O–H groups in total. The second-order valence-corrected chi connectivity index (χ2v) is 8.91. The number of carbonyl (C=O) groups is 4. The van der Waals surface area contributed by atoms with Gasteiger partial charge in [0.15, 0.2) is 11.5 Å². The summed E-state index contributed by atoms with van der Waals surface area (Å²) >= 11 is 0. The van der Waals surface area contributed by atoms with Crippen molar-refractivity contribution in [3.63, 3.8) is 0 Å². The van der Waals surface area contributed by atoms with E-state index in [0.29, 0.717) is 18.4 Å². The second-order valence-electron chi connectivity index (χ2n) is 8.91. The largest absolute Gasteiger partial charge is 0.459 e. The summed E-state index contributed by atoms with van der Waals surface area (Å²) in [5.74, 6) is -1.72. The van der Waals surface area contributed by atoms with Crippen molar-refractivity contribution in [2.24, 2.45) is 5.73 Å². The van der Waals surface area contributed by atoms with Gasteiger partial charge in [0.25, 0.3) is 0 Å². The van der Waals surface area contributed by atoms with E-state index < -0.39 is 42.1 Å².